The standard InChI is InChI=1S/C19H17FN6O3S/c1-25-15-9-11(20)3-8-14(15)18(27)26(2)16-10-22-19(24-17(16)25)23-12-4-6-13(7-5-12)30(21,28)29/h3-10H,1-2H3,(H2,21,28,29)(H,22,23,24). The molecule has 9 nitrogen and oxygen atoms in total. The van der Waals surface area contributed by atoms with Crippen molar-refractivity contribution in [1.82, 2.24) is 9.97 Å². The van der Waals surface area contributed by atoms with Crippen LogP contribution in [0.2, 0.25) is 0 Å². The summed E-state index contributed by atoms with van der Waals surface area (Å²) in [5.74, 6) is -0.168. The van der Waals surface area contributed by atoms with E-state index in [1.807, 2.05) is 0 Å². The topological polar surface area (TPSA) is 122 Å². The van der Waals surface area contributed by atoms with Crippen LogP contribution in [0.4, 0.5) is 33.2 Å². The minimum Gasteiger partial charge on any atom is -0.327 e. The Hall–Kier alpha value is -3.57. The Morgan fingerprint density at radius 2 is 1.73 bits per heavy atom. The molecule has 3 N–H and O–H groups in total. The average Bonchev–Trinajstić information content (AvgIpc) is 2.78. The normalized spacial score (nSPS) is 13.5. The molecular weight excluding hydrogens is 411 g/mol. The van der Waals surface area contributed by atoms with Gasteiger partial charge >= 0.3 is 0 Å². The lowest BCUT2D eigenvalue weighted by molar-refractivity contribution is 0.0994. The highest BCUT2D eigenvalue weighted by molar-refractivity contribution is 7.89. The predicted octanol–water partition coefficient (Wildman–Crippen LogP) is 2.36. The van der Waals surface area contributed by atoms with E-state index in [1.54, 1.807) is 19.0 Å². The second-order valence-electron chi connectivity index (χ2n) is 6.68. The quantitative estimate of drug-likeness (QED) is 0.657. The van der Waals surface area contributed by atoms with Gasteiger partial charge < -0.3 is 15.1 Å². The van der Waals surface area contributed by atoms with Crippen molar-refractivity contribution >= 4 is 44.8 Å². The second kappa shape index (κ2) is 7.04. The largest absolute Gasteiger partial charge is 0.327 e. The monoisotopic (exact) mass is 428 g/mol. The molecule has 0 aliphatic carbocycles. The lowest BCUT2D eigenvalue weighted by Gasteiger charge is -2.21. The van der Waals surface area contributed by atoms with Crippen molar-refractivity contribution in [1.29, 1.82) is 0 Å². The number of aromatic nitrogens is 2. The van der Waals surface area contributed by atoms with Crippen molar-refractivity contribution < 1.29 is 17.6 Å². The number of carbonyl (C=O) groups excluding carboxylic acids is 1. The van der Waals surface area contributed by atoms with E-state index in [-0.39, 0.29) is 16.8 Å². The maximum atomic E-state index is 13.8. The highest BCUT2D eigenvalue weighted by Gasteiger charge is 2.29. The number of fused-ring (bicyclic) bond motifs is 2. The molecule has 2 aromatic carbocycles. The molecule has 0 spiro atoms. The zero-order valence-electron chi connectivity index (χ0n) is 16.0. The highest BCUT2D eigenvalue weighted by atomic mass is 32.2. The summed E-state index contributed by atoms with van der Waals surface area (Å²) in [4.78, 5) is 24.5. The molecule has 11 heteroatoms. The van der Waals surface area contributed by atoms with Crippen LogP contribution in [0.15, 0.2) is 53.6 Å². The van der Waals surface area contributed by atoms with Crippen molar-refractivity contribution in [2.45, 2.75) is 4.90 Å². The van der Waals surface area contributed by atoms with E-state index in [2.05, 4.69) is 15.3 Å². The minimum absolute atomic E-state index is 0.0191. The van der Waals surface area contributed by atoms with Gasteiger partial charge in [-0.15, -0.1) is 0 Å². The summed E-state index contributed by atoms with van der Waals surface area (Å²) in [7, 11) is -0.518. The van der Waals surface area contributed by atoms with E-state index < -0.39 is 15.8 Å². The summed E-state index contributed by atoms with van der Waals surface area (Å²) < 4.78 is 36.6. The zero-order valence-corrected chi connectivity index (χ0v) is 16.8. The van der Waals surface area contributed by atoms with Crippen LogP contribution >= 0.6 is 0 Å². The molecule has 1 aromatic heterocycles. The van der Waals surface area contributed by atoms with E-state index in [9.17, 15) is 17.6 Å². The number of nitrogens with zero attached hydrogens (tertiary/aromatic N) is 4. The Bertz CT molecular complexity index is 1260. The Kier molecular flexibility index (Phi) is 4.63. The van der Waals surface area contributed by atoms with Crippen molar-refractivity contribution in [3.63, 3.8) is 0 Å². The van der Waals surface area contributed by atoms with Crippen LogP contribution in [0.3, 0.4) is 0 Å². The third kappa shape index (κ3) is 3.44. The molecule has 30 heavy (non-hydrogen) atoms. The van der Waals surface area contributed by atoms with Gasteiger partial charge in [0.05, 0.1) is 22.3 Å². The third-order valence-electron chi connectivity index (χ3n) is 4.72. The smallest absolute Gasteiger partial charge is 0.260 e. The first-order chi connectivity index (χ1) is 14.1. The fourth-order valence-electron chi connectivity index (χ4n) is 3.13. The number of nitrogens with one attached hydrogen (secondary N) is 1. The van der Waals surface area contributed by atoms with Crippen LogP contribution in [-0.4, -0.2) is 38.4 Å². The number of sulfonamides is 1. The molecule has 0 saturated carbocycles. The van der Waals surface area contributed by atoms with Crippen molar-refractivity contribution in [2.24, 2.45) is 5.14 Å². The maximum absolute atomic E-state index is 13.8. The first-order valence-electron chi connectivity index (χ1n) is 8.73. The predicted molar refractivity (Wildman–Crippen MR) is 110 cm³/mol. The van der Waals surface area contributed by atoms with Crippen LogP contribution in [0.25, 0.3) is 0 Å². The summed E-state index contributed by atoms with van der Waals surface area (Å²) in [5, 5.41) is 8.08. The zero-order chi connectivity index (χ0) is 21.6. The van der Waals surface area contributed by atoms with Gasteiger partial charge in [0, 0.05) is 19.8 Å². The summed E-state index contributed by atoms with van der Waals surface area (Å²) >= 11 is 0. The van der Waals surface area contributed by atoms with Gasteiger partial charge in [0.15, 0.2) is 5.82 Å². The molecule has 4 rings (SSSR count). The Labute approximate surface area is 172 Å². The molecular formula is C19H17FN6O3S. The van der Waals surface area contributed by atoms with Gasteiger partial charge in [0.25, 0.3) is 5.91 Å². The van der Waals surface area contributed by atoms with Crippen molar-refractivity contribution in [2.75, 3.05) is 29.2 Å². The van der Waals surface area contributed by atoms with Crippen LogP contribution < -0.4 is 20.3 Å². The van der Waals surface area contributed by atoms with E-state index in [4.69, 9.17) is 5.14 Å². The lowest BCUT2D eigenvalue weighted by atomic mass is 10.1. The molecule has 0 saturated heterocycles. The highest BCUT2D eigenvalue weighted by Crippen LogP contribution is 2.38. The molecule has 0 radical (unpaired) electrons. The number of hydrogen-bond donors (Lipinski definition) is 2. The number of rotatable bonds is 3. The summed E-state index contributed by atoms with van der Waals surface area (Å²) in [6.07, 6.45) is 1.49. The number of anilines is 5. The van der Waals surface area contributed by atoms with Gasteiger partial charge in [0.1, 0.15) is 11.5 Å². The van der Waals surface area contributed by atoms with Crippen LogP contribution in [0.1, 0.15) is 10.4 Å². The van der Waals surface area contributed by atoms with Gasteiger partial charge in [-0.1, -0.05) is 0 Å². The lowest BCUT2D eigenvalue weighted by Crippen LogP contribution is -2.25. The number of hydrogen-bond acceptors (Lipinski definition) is 7. The number of halogens is 1. The first kappa shape index (κ1) is 19.7. The first-order valence-corrected chi connectivity index (χ1v) is 10.3. The van der Waals surface area contributed by atoms with E-state index in [0.717, 1.165) is 0 Å². The van der Waals surface area contributed by atoms with Crippen LogP contribution in [-0.2, 0) is 10.0 Å². The van der Waals surface area contributed by atoms with E-state index >= 15 is 0 Å². The minimum atomic E-state index is -3.79. The maximum Gasteiger partial charge on any atom is 0.260 e. The molecule has 3 aromatic rings. The van der Waals surface area contributed by atoms with Crippen molar-refractivity contribution in [3.05, 3.63) is 60.0 Å². The van der Waals surface area contributed by atoms with Crippen molar-refractivity contribution in [3.8, 4) is 0 Å². The number of carbonyl (C=O) groups is 1. The van der Waals surface area contributed by atoms with E-state index in [0.29, 0.717) is 28.4 Å². The van der Waals surface area contributed by atoms with Crippen LogP contribution in [0.5, 0.6) is 0 Å². The molecule has 1 aliphatic rings. The molecule has 1 amide bonds. The number of nitrogens with two attached hydrogens (primary N) is 1. The number of benzene rings is 2. The van der Waals surface area contributed by atoms with Gasteiger partial charge in [-0.25, -0.2) is 22.9 Å². The summed E-state index contributed by atoms with van der Waals surface area (Å²) in [6, 6.07) is 9.72. The number of amides is 1. The molecule has 2 heterocycles. The molecule has 0 bridgehead atoms. The Balaban J connectivity index is 1.73. The molecule has 1 aliphatic heterocycles. The fraction of sp³-hybridized carbons (Fsp3) is 0.105. The second-order valence-corrected chi connectivity index (χ2v) is 8.24. The molecule has 0 fully saturated rings. The molecule has 0 unspecified atom stereocenters. The van der Waals surface area contributed by atoms with Gasteiger partial charge in [0.2, 0.25) is 16.0 Å². The average molecular weight is 428 g/mol. The number of primary sulfonamides is 1. The Morgan fingerprint density at radius 1 is 1.03 bits per heavy atom. The van der Waals surface area contributed by atoms with Gasteiger partial charge in [-0.3, -0.25) is 4.79 Å². The van der Waals surface area contributed by atoms with Gasteiger partial charge in [-0.05, 0) is 42.5 Å². The molecule has 154 valence electrons. The SMILES string of the molecule is CN1C(=O)c2ccc(F)cc2N(C)c2nc(Nc3ccc(S(N)(=O)=O)cc3)ncc21. The van der Waals surface area contributed by atoms with Crippen LogP contribution in [0, 0.1) is 5.82 Å². The fourth-order valence-corrected chi connectivity index (χ4v) is 3.65. The summed E-state index contributed by atoms with van der Waals surface area (Å²) in [6.45, 7) is 0. The van der Waals surface area contributed by atoms with Gasteiger partial charge in [-0.2, -0.15) is 4.98 Å². The van der Waals surface area contributed by atoms with E-state index in [1.165, 1.54) is 53.6 Å². The summed E-state index contributed by atoms with van der Waals surface area (Å²) in [5.41, 5.74) is 1.71. The molecule has 0 atom stereocenters. The third-order valence-corrected chi connectivity index (χ3v) is 5.65. The Morgan fingerprint density at radius 3 is 2.40 bits per heavy atom.